The Labute approximate surface area is 94.4 Å². The van der Waals surface area contributed by atoms with Gasteiger partial charge in [0.15, 0.2) is 0 Å². The summed E-state index contributed by atoms with van der Waals surface area (Å²) in [6, 6.07) is -0.275. The third kappa shape index (κ3) is 1.84. The number of carbonyl (C=O) groups is 1. The van der Waals surface area contributed by atoms with Gasteiger partial charge in [0.1, 0.15) is 0 Å². The maximum Gasteiger partial charge on any atom is 1.00 e. The molecule has 3 aliphatic heterocycles. The monoisotopic (exact) mass is 177 g/mol. The second-order valence-corrected chi connectivity index (χ2v) is 3.55. The van der Waals surface area contributed by atoms with E-state index in [0.29, 0.717) is 5.92 Å². The molecule has 3 rings (SSSR count). The average Bonchev–Trinajstić information content (AvgIpc) is 2.06. The first-order valence-electron chi connectivity index (χ1n) is 4.22. The molecule has 0 radical (unpaired) electrons. The topological polar surface area (TPSA) is 43.4 Å². The molecule has 3 heterocycles. The molecule has 0 N–H and O–H groups in total. The number of aliphatic carboxylic acids is 1. The minimum Gasteiger partial charge on any atom is -0.548 e. The first-order chi connectivity index (χ1) is 5.27. The van der Waals surface area contributed by atoms with Crippen molar-refractivity contribution in [2.24, 2.45) is 5.92 Å². The fraction of sp³-hybridized carbons (Fsp3) is 0.875. The molecular weight excluding hydrogens is 165 g/mol. The molecule has 0 aromatic heterocycles. The van der Waals surface area contributed by atoms with Crippen LogP contribution in [0.5, 0.6) is 0 Å². The van der Waals surface area contributed by atoms with Gasteiger partial charge >= 0.3 is 29.6 Å². The third-order valence-corrected chi connectivity index (χ3v) is 2.92. The van der Waals surface area contributed by atoms with E-state index in [0.717, 1.165) is 19.5 Å². The predicted octanol–water partition coefficient (Wildman–Crippen LogP) is -3.78. The van der Waals surface area contributed by atoms with Crippen molar-refractivity contribution in [2.75, 3.05) is 13.1 Å². The summed E-state index contributed by atoms with van der Waals surface area (Å²) in [6.07, 6.45) is 3.19. The fourth-order valence-corrected chi connectivity index (χ4v) is 2.21. The molecule has 3 fully saturated rings. The predicted molar refractivity (Wildman–Crippen MR) is 37.7 cm³/mol. The minimum absolute atomic E-state index is 0. The van der Waals surface area contributed by atoms with Gasteiger partial charge in [-0.25, -0.2) is 0 Å². The second kappa shape index (κ2) is 4.09. The van der Waals surface area contributed by atoms with Crippen LogP contribution in [-0.2, 0) is 4.79 Å². The summed E-state index contributed by atoms with van der Waals surface area (Å²) in [5.74, 6) is -0.225. The van der Waals surface area contributed by atoms with Crippen molar-refractivity contribution in [3.05, 3.63) is 0 Å². The van der Waals surface area contributed by atoms with Crippen molar-refractivity contribution in [3.8, 4) is 0 Å². The summed E-state index contributed by atoms with van der Waals surface area (Å²) in [5.41, 5.74) is 0. The van der Waals surface area contributed by atoms with Crippen LogP contribution in [0.3, 0.4) is 0 Å². The zero-order valence-corrected chi connectivity index (χ0v) is 9.45. The number of rotatable bonds is 1. The standard InChI is InChI=1S/C8H13NO2.Na/c10-8(11)7-5-6-1-3-9(7)4-2-6;/h6-7H,1-5H2,(H,10,11);/q;+1/p-1. The zero-order chi connectivity index (χ0) is 7.84. The summed E-state index contributed by atoms with van der Waals surface area (Å²) in [7, 11) is 0. The normalized spacial score (nSPS) is 38.8. The number of fused-ring (bicyclic) bond motifs is 3. The van der Waals surface area contributed by atoms with Gasteiger partial charge in [0.25, 0.3) is 0 Å². The SMILES string of the molecule is O=C([O-])C1CC2CCN1CC2.[Na+]. The molecule has 3 saturated heterocycles. The van der Waals surface area contributed by atoms with Gasteiger partial charge in [-0.1, -0.05) is 0 Å². The Balaban J connectivity index is 0.000000720. The fourth-order valence-electron chi connectivity index (χ4n) is 2.21. The van der Waals surface area contributed by atoms with Crippen molar-refractivity contribution < 1.29 is 39.5 Å². The van der Waals surface area contributed by atoms with Crippen LogP contribution in [0.15, 0.2) is 0 Å². The van der Waals surface area contributed by atoms with Crippen LogP contribution in [0.1, 0.15) is 19.3 Å². The first kappa shape index (κ1) is 10.5. The largest absolute Gasteiger partial charge is 1.00 e. The number of piperidine rings is 3. The summed E-state index contributed by atoms with van der Waals surface area (Å²) in [6.45, 7) is 1.92. The van der Waals surface area contributed by atoms with Gasteiger partial charge in [-0.3, -0.25) is 4.90 Å². The van der Waals surface area contributed by atoms with Crippen LogP contribution in [-0.4, -0.2) is 30.0 Å². The maximum atomic E-state index is 10.6. The number of carbonyl (C=O) groups excluding carboxylic acids is 1. The van der Waals surface area contributed by atoms with E-state index in [9.17, 15) is 9.90 Å². The average molecular weight is 177 g/mol. The summed E-state index contributed by atoms with van der Waals surface area (Å²) in [4.78, 5) is 12.6. The molecule has 4 heteroatoms. The van der Waals surface area contributed by atoms with Gasteiger partial charge in [-0.15, -0.1) is 0 Å². The minimum atomic E-state index is -0.880. The number of hydrogen-bond donors (Lipinski definition) is 0. The molecule has 3 aliphatic rings. The van der Waals surface area contributed by atoms with Crippen LogP contribution in [0.2, 0.25) is 0 Å². The van der Waals surface area contributed by atoms with Crippen LogP contribution < -0.4 is 34.7 Å². The molecule has 62 valence electrons. The van der Waals surface area contributed by atoms with Crippen molar-refractivity contribution in [2.45, 2.75) is 25.3 Å². The Kier molecular flexibility index (Phi) is 3.58. The Morgan fingerprint density at radius 2 is 1.92 bits per heavy atom. The molecule has 1 atom stereocenters. The number of carboxylic acids is 1. The molecule has 0 aromatic rings. The van der Waals surface area contributed by atoms with E-state index in [1.54, 1.807) is 0 Å². The molecule has 0 aromatic carbocycles. The van der Waals surface area contributed by atoms with E-state index in [-0.39, 0.29) is 35.6 Å². The molecular formula is C8H12NNaO2. The molecule has 0 spiro atoms. The molecule has 0 amide bonds. The molecule has 0 saturated carbocycles. The molecule has 2 bridgehead atoms. The smallest absolute Gasteiger partial charge is 0.548 e. The summed E-state index contributed by atoms with van der Waals surface area (Å²) >= 11 is 0. The second-order valence-electron chi connectivity index (χ2n) is 3.55. The Hall–Kier alpha value is 0.430. The van der Waals surface area contributed by atoms with Gasteiger partial charge in [-0.05, 0) is 38.3 Å². The van der Waals surface area contributed by atoms with E-state index < -0.39 is 5.97 Å². The van der Waals surface area contributed by atoms with Gasteiger partial charge < -0.3 is 9.90 Å². The molecule has 12 heavy (non-hydrogen) atoms. The summed E-state index contributed by atoms with van der Waals surface area (Å²) < 4.78 is 0. The van der Waals surface area contributed by atoms with E-state index in [1.807, 2.05) is 4.90 Å². The zero-order valence-electron chi connectivity index (χ0n) is 7.45. The van der Waals surface area contributed by atoms with Crippen LogP contribution in [0.25, 0.3) is 0 Å². The number of hydrogen-bond acceptors (Lipinski definition) is 3. The molecule has 3 nitrogen and oxygen atoms in total. The van der Waals surface area contributed by atoms with Gasteiger partial charge in [0.05, 0.1) is 5.97 Å². The van der Waals surface area contributed by atoms with Crippen LogP contribution >= 0.6 is 0 Å². The number of nitrogens with zero attached hydrogens (tertiary/aromatic N) is 1. The van der Waals surface area contributed by atoms with Crippen LogP contribution in [0, 0.1) is 5.92 Å². The van der Waals surface area contributed by atoms with Crippen molar-refractivity contribution in [3.63, 3.8) is 0 Å². The van der Waals surface area contributed by atoms with E-state index in [4.69, 9.17) is 0 Å². The Morgan fingerprint density at radius 3 is 2.17 bits per heavy atom. The first-order valence-corrected chi connectivity index (χ1v) is 4.22. The van der Waals surface area contributed by atoms with Gasteiger partial charge in [0, 0.05) is 6.04 Å². The van der Waals surface area contributed by atoms with E-state index in [2.05, 4.69) is 0 Å². The van der Waals surface area contributed by atoms with E-state index in [1.165, 1.54) is 12.8 Å². The van der Waals surface area contributed by atoms with Crippen molar-refractivity contribution >= 4 is 5.97 Å². The quantitative estimate of drug-likeness (QED) is 0.386. The van der Waals surface area contributed by atoms with Crippen LogP contribution in [0.4, 0.5) is 0 Å². The van der Waals surface area contributed by atoms with Crippen molar-refractivity contribution in [1.29, 1.82) is 0 Å². The molecule has 0 aliphatic carbocycles. The van der Waals surface area contributed by atoms with Gasteiger partial charge in [0.2, 0.25) is 0 Å². The maximum absolute atomic E-state index is 10.6. The summed E-state index contributed by atoms with van der Waals surface area (Å²) in [5, 5.41) is 10.6. The number of carboxylic acid groups (broad SMARTS) is 1. The van der Waals surface area contributed by atoms with Gasteiger partial charge in [-0.2, -0.15) is 0 Å². The Morgan fingerprint density at radius 1 is 1.33 bits per heavy atom. The Bertz CT molecular complexity index is 178. The molecule has 1 unspecified atom stereocenters. The third-order valence-electron chi connectivity index (χ3n) is 2.92. The van der Waals surface area contributed by atoms with Crippen molar-refractivity contribution in [1.82, 2.24) is 4.90 Å². The van der Waals surface area contributed by atoms with E-state index >= 15 is 0 Å².